The second-order valence-corrected chi connectivity index (χ2v) is 6.81. The molecule has 2 rings (SSSR count). The Labute approximate surface area is 141 Å². The van der Waals surface area contributed by atoms with Crippen LogP contribution >= 0.6 is 0 Å². The van der Waals surface area contributed by atoms with E-state index in [0.29, 0.717) is 5.92 Å². The van der Waals surface area contributed by atoms with E-state index in [2.05, 4.69) is 18.3 Å². The highest BCUT2D eigenvalue weighted by molar-refractivity contribution is 5.71. The summed E-state index contributed by atoms with van der Waals surface area (Å²) >= 11 is 0. The Morgan fingerprint density at radius 1 is 1.42 bits per heavy atom. The van der Waals surface area contributed by atoms with Crippen molar-refractivity contribution in [2.45, 2.75) is 52.7 Å². The number of nitrogens with one attached hydrogen (secondary N) is 1. The summed E-state index contributed by atoms with van der Waals surface area (Å²) in [6.45, 7) is 5.39. The average molecular weight is 339 g/mol. The summed E-state index contributed by atoms with van der Waals surface area (Å²) in [7, 11) is 0. The molecule has 0 spiro atoms. The summed E-state index contributed by atoms with van der Waals surface area (Å²) in [6.07, 6.45) is 2.44. The first kappa shape index (κ1) is 18.3. The number of carbonyl (C=O) groups excluding carboxylic acids is 2. The zero-order valence-electron chi connectivity index (χ0n) is 14.3. The second kappa shape index (κ2) is 7.23. The molecule has 1 amide bonds. The van der Waals surface area contributed by atoms with Crippen molar-refractivity contribution in [2.75, 3.05) is 6.54 Å². The largest absolute Gasteiger partial charge is 0.481 e. The topological polar surface area (TPSA) is 102 Å². The number of alkyl carbamates (subject to hydrolysis) is 1. The van der Waals surface area contributed by atoms with Gasteiger partial charge in [-0.15, -0.1) is 0 Å². The minimum Gasteiger partial charge on any atom is -0.481 e. The number of ether oxygens (including phenoxy) is 2. The molecule has 24 heavy (non-hydrogen) atoms. The van der Waals surface area contributed by atoms with Gasteiger partial charge < -0.3 is 19.9 Å². The molecule has 2 aliphatic rings. The van der Waals surface area contributed by atoms with Gasteiger partial charge in [-0.25, -0.2) is 4.79 Å². The number of allylic oxidation sites excluding steroid dienone is 2. The first-order valence-electron chi connectivity index (χ1n) is 8.29. The van der Waals surface area contributed by atoms with Crippen LogP contribution < -0.4 is 5.32 Å². The number of hydrogen-bond donors (Lipinski definition) is 2. The summed E-state index contributed by atoms with van der Waals surface area (Å²) in [6, 6.07) is 0. The van der Waals surface area contributed by atoms with Crippen molar-refractivity contribution < 1.29 is 29.0 Å². The van der Waals surface area contributed by atoms with Crippen LogP contribution in [0.1, 0.15) is 46.5 Å². The summed E-state index contributed by atoms with van der Waals surface area (Å²) in [5.74, 6) is -0.659. The predicted molar refractivity (Wildman–Crippen MR) is 85.0 cm³/mol. The first-order chi connectivity index (χ1) is 11.3. The van der Waals surface area contributed by atoms with Crippen molar-refractivity contribution in [3.63, 3.8) is 0 Å². The van der Waals surface area contributed by atoms with Crippen LogP contribution in [-0.2, 0) is 19.1 Å². The van der Waals surface area contributed by atoms with Gasteiger partial charge in [-0.1, -0.05) is 18.6 Å². The number of amides is 1. The molecule has 7 heteroatoms. The van der Waals surface area contributed by atoms with Crippen molar-refractivity contribution in [3.8, 4) is 0 Å². The SMILES string of the molecule is CCC(=O)O[C@H](C)OC(=O)NC[C@@]1(CC(=O)O)C[C@@H]2CC(C)=C[C@@H]21. The van der Waals surface area contributed by atoms with Gasteiger partial charge in [0.2, 0.25) is 6.29 Å². The molecule has 0 radical (unpaired) electrons. The lowest BCUT2D eigenvalue weighted by molar-refractivity contribution is -0.164. The monoisotopic (exact) mass is 339 g/mol. The molecule has 0 unspecified atom stereocenters. The Morgan fingerprint density at radius 3 is 2.71 bits per heavy atom. The highest BCUT2D eigenvalue weighted by atomic mass is 16.7. The molecule has 1 fully saturated rings. The molecule has 0 aliphatic heterocycles. The van der Waals surface area contributed by atoms with E-state index in [-0.39, 0.29) is 25.3 Å². The number of esters is 1. The first-order valence-corrected chi connectivity index (χ1v) is 8.29. The van der Waals surface area contributed by atoms with Crippen LogP contribution in [0.15, 0.2) is 11.6 Å². The van der Waals surface area contributed by atoms with E-state index in [9.17, 15) is 19.5 Å². The second-order valence-electron chi connectivity index (χ2n) is 6.81. The van der Waals surface area contributed by atoms with Crippen molar-refractivity contribution in [1.29, 1.82) is 0 Å². The molecule has 1 saturated carbocycles. The van der Waals surface area contributed by atoms with E-state index < -0.39 is 29.7 Å². The fourth-order valence-corrected chi connectivity index (χ4v) is 3.90. The van der Waals surface area contributed by atoms with Crippen LogP contribution in [-0.4, -0.2) is 36.0 Å². The molecule has 134 valence electrons. The minimum atomic E-state index is -0.976. The van der Waals surface area contributed by atoms with Gasteiger partial charge in [0, 0.05) is 25.3 Å². The Hall–Kier alpha value is -2.05. The molecule has 7 nitrogen and oxygen atoms in total. The van der Waals surface area contributed by atoms with E-state index >= 15 is 0 Å². The van der Waals surface area contributed by atoms with Crippen molar-refractivity contribution in [1.82, 2.24) is 5.32 Å². The standard InChI is InChI=1S/C17H25NO6/c1-4-15(21)23-11(3)24-16(22)18-9-17(8-14(19)20)7-12-5-10(2)6-13(12)17/h6,11-13H,4-5,7-9H2,1-3H3,(H,18,22)(H,19,20)/t11-,12-,13-,17-/m0/s1. The molecule has 2 N–H and O–H groups in total. The zero-order chi connectivity index (χ0) is 17.9. The summed E-state index contributed by atoms with van der Waals surface area (Å²) in [5.41, 5.74) is 0.816. The van der Waals surface area contributed by atoms with Gasteiger partial charge in [0.25, 0.3) is 0 Å². The van der Waals surface area contributed by atoms with E-state index in [1.165, 1.54) is 12.5 Å². The van der Waals surface area contributed by atoms with E-state index in [1.54, 1.807) is 6.92 Å². The van der Waals surface area contributed by atoms with E-state index in [1.807, 2.05) is 0 Å². The van der Waals surface area contributed by atoms with Gasteiger partial charge >= 0.3 is 18.0 Å². The third kappa shape index (κ3) is 4.07. The number of carboxylic acids is 1. The zero-order valence-corrected chi connectivity index (χ0v) is 14.3. The van der Waals surface area contributed by atoms with E-state index in [0.717, 1.165) is 12.8 Å². The maximum atomic E-state index is 11.9. The molecule has 0 heterocycles. The molecular weight excluding hydrogens is 314 g/mol. The third-order valence-electron chi connectivity index (χ3n) is 4.88. The molecule has 0 aromatic rings. The highest BCUT2D eigenvalue weighted by Gasteiger charge is 2.55. The lowest BCUT2D eigenvalue weighted by atomic mass is 9.53. The van der Waals surface area contributed by atoms with Crippen molar-refractivity contribution in [2.24, 2.45) is 17.3 Å². The van der Waals surface area contributed by atoms with Crippen molar-refractivity contribution >= 4 is 18.0 Å². The van der Waals surface area contributed by atoms with Crippen LogP contribution in [0.5, 0.6) is 0 Å². The Bertz CT molecular complexity index is 557. The summed E-state index contributed by atoms with van der Waals surface area (Å²) in [5, 5.41) is 11.9. The molecule has 0 aromatic carbocycles. The normalized spacial score (nSPS) is 28.9. The quantitative estimate of drug-likeness (QED) is 0.420. The van der Waals surface area contributed by atoms with Gasteiger partial charge in [-0.3, -0.25) is 9.59 Å². The van der Waals surface area contributed by atoms with Crippen LogP contribution in [0.2, 0.25) is 0 Å². The number of hydrogen-bond acceptors (Lipinski definition) is 5. The Morgan fingerprint density at radius 2 is 2.12 bits per heavy atom. The lowest BCUT2D eigenvalue weighted by Gasteiger charge is -2.51. The summed E-state index contributed by atoms with van der Waals surface area (Å²) < 4.78 is 9.83. The van der Waals surface area contributed by atoms with Gasteiger partial charge in [0.15, 0.2) is 0 Å². The molecule has 0 saturated heterocycles. The molecular formula is C17H25NO6. The minimum absolute atomic E-state index is 0.0125. The average Bonchev–Trinajstić information content (AvgIpc) is 2.79. The smallest absolute Gasteiger partial charge is 0.410 e. The van der Waals surface area contributed by atoms with E-state index in [4.69, 9.17) is 9.47 Å². The number of fused-ring (bicyclic) bond motifs is 1. The Balaban J connectivity index is 1.89. The van der Waals surface area contributed by atoms with Crippen LogP contribution in [0.3, 0.4) is 0 Å². The number of rotatable bonds is 7. The molecule has 4 atom stereocenters. The molecule has 0 aromatic heterocycles. The molecule has 0 bridgehead atoms. The highest BCUT2D eigenvalue weighted by Crippen LogP contribution is 2.59. The van der Waals surface area contributed by atoms with Gasteiger partial charge in [0.1, 0.15) is 0 Å². The molecule has 2 aliphatic carbocycles. The number of carbonyl (C=O) groups is 3. The maximum Gasteiger partial charge on any atom is 0.410 e. The van der Waals surface area contributed by atoms with Crippen LogP contribution in [0, 0.1) is 17.3 Å². The Kier molecular flexibility index (Phi) is 5.51. The lowest BCUT2D eigenvalue weighted by Crippen LogP contribution is -2.53. The van der Waals surface area contributed by atoms with Gasteiger partial charge in [-0.05, 0) is 31.6 Å². The number of carboxylic acid groups (broad SMARTS) is 1. The summed E-state index contributed by atoms with van der Waals surface area (Å²) in [4.78, 5) is 34.2. The van der Waals surface area contributed by atoms with Gasteiger partial charge in [0.05, 0.1) is 6.42 Å². The van der Waals surface area contributed by atoms with Crippen LogP contribution in [0.25, 0.3) is 0 Å². The fourth-order valence-electron chi connectivity index (χ4n) is 3.90. The maximum absolute atomic E-state index is 11.9. The number of aliphatic carboxylic acids is 1. The predicted octanol–water partition coefficient (Wildman–Crippen LogP) is 2.46. The fraction of sp³-hybridized carbons (Fsp3) is 0.706. The van der Waals surface area contributed by atoms with Crippen molar-refractivity contribution in [3.05, 3.63) is 11.6 Å². The van der Waals surface area contributed by atoms with Gasteiger partial charge in [-0.2, -0.15) is 0 Å². The third-order valence-corrected chi connectivity index (χ3v) is 4.88. The van der Waals surface area contributed by atoms with Crippen LogP contribution in [0.4, 0.5) is 4.79 Å².